The zero-order chi connectivity index (χ0) is 44.2. The fraction of sp³-hybridized carbons (Fsp3) is 0.786. The summed E-state index contributed by atoms with van der Waals surface area (Å²) in [7, 11) is 0. The summed E-state index contributed by atoms with van der Waals surface area (Å²) < 4.78 is 17.4. The molecule has 0 rings (SSSR count). The number of ether oxygens (including phenoxy) is 3. The summed E-state index contributed by atoms with van der Waals surface area (Å²) in [6, 6.07) is 0. The lowest BCUT2D eigenvalue weighted by atomic mass is 10.0. The van der Waals surface area contributed by atoms with Crippen LogP contribution < -0.4 is 0 Å². The van der Waals surface area contributed by atoms with Gasteiger partial charge in [-0.1, -0.05) is 248 Å². The maximum atomic E-state index is 12.8. The number of unbranched alkanes of at least 4 members (excludes halogenated alkanes) is 27. The van der Waals surface area contributed by atoms with Gasteiger partial charge in [-0.05, 0) is 57.8 Å². The number of esters is 2. The van der Waals surface area contributed by atoms with Gasteiger partial charge in [0, 0.05) is 19.4 Å². The van der Waals surface area contributed by atoms with Crippen LogP contribution >= 0.6 is 0 Å². The largest absolute Gasteiger partial charge is 0.462 e. The van der Waals surface area contributed by atoms with Crippen LogP contribution in [-0.2, 0) is 23.8 Å². The highest BCUT2D eigenvalue weighted by Gasteiger charge is 2.17. The summed E-state index contributed by atoms with van der Waals surface area (Å²) in [5.41, 5.74) is 0. The highest BCUT2D eigenvalue weighted by molar-refractivity contribution is 5.70. The fourth-order valence-electron chi connectivity index (χ4n) is 7.43. The van der Waals surface area contributed by atoms with Gasteiger partial charge in [0.2, 0.25) is 0 Å². The molecule has 0 aromatic heterocycles. The first-order valence-electron chi connectivity index (χ1n) is 26.3. The van der Waals surface area contributed by atoms with Crippen molar-refractivity contribution >= 4 is 11.9 Å². The van der Waals surface area contributed by atoms with Gasteiger partial charge in [0.25, 0.3) is 0 Å². The quantitative estimate of drug-likeness (QED) is 0.0347. The molecule has 0 aromatic rings. The molecule has 0 aliphatic carbocycles. The van der Waals surface area contributed by atoms with Crippen molar-refractivity contribution in [3.8, 4) is 0 Å². The van der Waals surface area contributed by atoms with E-state index in [1.807, 2.05) is 0 Å². The van der Waals surface area contributed by atoms with Crippen LogP contribution in [0, 0.1) is 0 Å². The Bertz CT molecular complexity index is 1060. The minimum atomic E-state index is -0.555. The summed E-state index contributed by atoms with van der Waals surface area (Å²) in [6.07, 6.45) is 65.2. The van der Waals surface area contributed by atoms with Crippen molar-refractivity contribution in [3.05, 3.63) is 60.8 Å². The molecule has 0 aromatic carbocycles. The van der Waals surface area contributed by atoms with E-state index >= 15 is 0 Å². The number of hydrogen-bond donors (Lipinski definition) is 0. The molecule has 5 heteroatoms. The second-order valence-corrected chi connectivity index (χ2v) is 17.4. The highest BCUT2D eigenvalue weighted by atomic mass is 16.6. The second-order valence-electron chi connectivity index (χ2n) is 17.4. The van der Waals surface area contributed by atoms with Gasteiger partial charge in [0.1, 0.15) is 6.61 Å². The minimum absolute atomic E-state index is 0.0592. The average molecular weight is 853 g/mol. The van der Waals surface area contributed by atoms with Crippen molar-refractivity contribution in [1.82, 2.24) is 0 Å². The van der Waals surface area contributed by atoms with Crippen LogP contribution in [0.2, 0.25) is 0 Å². The van der Waals surface area contributed by atoms with Gasteiger partial charge in [0.15, 0.2) is 6.10 Å². The summed E-state index contributed by atoms with van der Waals surface area (Å²) in [5.74, 6) is -0.454. The zero-order valence-corrected chi connectivity index (χ0v) is 40.7. The average Bonchev–Trinajstić information content (AvgIpc) is 3.26. The van der Waals surface area contributed by atoms with E-state index < -0.39 is 6.10 Å². The van der Waals surface area contributed by atoms with E-state index in [-0.39, 0.29) is 25.2 Å². The molecule has 0 fully saturated rings. The Hall–Kier alpha value is -2.40. The van der Waals surface area contributed by atoms with Gasteiger partial charge < -0.3 is 14.2 Å². The Morgan fingerprint density at radius 2 is 0.738 bits per heavy atom. The van der Waals surface area contributed by atoms with Gasteiger partial charge >= 0.3 is 11.9 Å². The van der Waals surface area contributed by atoms with Crippen molar-refractivity contribution in [2.45, 2.75) is 264 Å². The predicted molar refractivity (Wildman–Crippen MR) is 265 cm³/mol. The lowest BCUT2D eigenvalue weighted by Gasteiger charge is -2.18. The van der Waals surface area contributed by atoms with E-state index in [1.54, 1.807) is 0 Å². The first-order valence-corrected chi connectivity index (χ1v) is 26.3. The van der Waals surface area contributed by atoms with Crippen molar-refractivity contribution in [3.63, 3.8) is 0 Å². The summed E-state index contributed by atoms with van der Waals surface area (Å²) in [6.45, 7) is 7.69. The third-order valence-electron chi connectivity index (χ3n) is 11.3. The zero-order valence-electron chi connectivity index (χ0n) is 40.7. The van der Waals surface area contributed by atoms with Crippen LogP contribution in [0.15, 0.2) is 60.8 Å². The van der Waals surface area contributed by atoms with Crippen LogP contribution in [0.4, 0.5) is 0 Å². The SMILES string of the molecule is CC/C=C\C/C=C\C/C=C\C/C=C\C/C=C\CCCC(=O)OC[C@@H](COCCCCCCCCCCCCCCCCCC)OC(=O)CCCCCCCCCCCCCC. The number of carbonyl (C=O) groups excluding carboxylic acids is 2. The molecule has 354 valence electrons. The topological polar surface area (TPSA) is 61.8 Å². The molecule has 0 bridgehead atoms. The van der Waals surface area contributed by atoms with Gasteiger partial charge in [-0.2, -0.15) is 0 Å². The van der Waals surface area contributed by atoms with Crippen LogP contribution in [0.25, 0.3) is 0 Å². The highest BCUT2D eigenvalue weighted by Crippen LogP contribution is 2.15. The van der Waals surface area contributed by atoms with Gasteiger partial charge in [-0.25, -0.2) is 0 Å². The molecule has 5 nitrogen and oxygen atoms in total. The molecule has 0 unspecified atom stereocenters. The van der Waals surface area contributed by atoms with E-state index in [1.165, 1.54) is 154 Å². The molecule has 0 saturated heterocycles. The molecule has 0 saturated carbocycles. The van der Waals surface area contributed by atoms with Crippen LogP contribution in [0.3, 0.4) is 0 Å². The third-order valence-corrected chi connectivity index (χ3v) is 11.3. The van der Waals surface area contributed by atoms with Crippen molar-refractivity contribution in [1.29, 1.82) is 0 Å². The second kappa shape index (κ2) is 51.9. The Morgan fingerprint density at radius 3 is 1.16 bits per heavy atom. The molecule has 0 amide bonds. The number of carbonyl (C=O) groups is 2. The van der Waals surface area contributed by atoms with Crippen LogP contribution in [-0.4, -0.2) is 37.9 Å². The Morgan fingerprint density at radius 1 is 0.377 bits per heavy atom. The Balaban J connectivity index is 4.31. The number of hydrogen-bond acceptors (Lipinski definition) is 5. The maximum Gasteiger partial charge on any atom is 0.306 e. The Labute approximate surface area is 379 Å². The maximum absolute atomic E-state index is 12.8. The molecule has 0 aliphatic rings. The molecule has 0 aliphatic heterocycles. The van der Waals surface area contributed by atoms with E-state index in [0.717, 1.165) is 70.6 Å². The summed E-state index contributed by atoms with van der Waals surface area (Å²) >= 11 is 0. The van der Waals surface area contributed by atoms with Crippen LogP contribution in [0.5, 0.6) is 0 Å². The lowest BCUT2D eigenvalue weighted by molar-refractivity contribution is -0.163. The van der Waals surface area contributed by atoms with E-state index in [0.29, 0.717) is 19.4 Å². The van der Waals surface area contributed by atoms with Crippen molar-refractivity contribution < 1.29 is 23.8 Å². The van der Waals surface area contributed by atoms with Crippen LogP contribution in [0.1, 0.15) is 258 Å². The van der Waals surface area contributed by atoms with Gasteiger partial charge in [-0.15, -0.1) is 0 Å². The fourth-order valence-corrected chi connectivity index (χ4v) is 7.43. The first kappa shape index (κ1) is 58.6. The van der Waals surface area contributed by atoms with E-state index in [4.69, 9.17) is 14.2 Å². The normalized spacial score (nSPS) is 12.6. The monoisotopic (exact) mass is 853 g/mol. The first-order chi connectivity index (χ1) is 30.1. The molecule has 61 heavy (non-hydrogen) atoms. The predicted octanol–water partition coefficient (Wildman–Crippen LogP) is 17.7. The van der Waals surface area contributed by atoms with Gasteiger partial charge in [-0.3, -0.25) is 9.59 Å². The molecular weight excluding hydrogens is 753 g/mol. The molecule has 0 radical (unpaired) electrons. The molecular formula is C56H100O5. The Kier molecular flexibility index (Phi) is 49.9. The van der Waals surface area contributed by atoms with Crippen molar-refractivity contribution in [2.24, 2.45) is 0 Å². The van der Waals surface area contributed by atoms with Crippen molar-refractivity contribution in [2.75, 3.05) is 19.8 Å². The summed E-state index contributed by atoms with van der Waals surface area (Å²) in [5, 5.41) is 0. The smallest absolute Gasteiger partial charge is 0.306 e. The third kappa shape index (κ3) is 50.1. The molecule has 0 heterocycles. The molecule has 1 atom stereocenters. The lowest BCUT2D eigenvalue weighted by Crippen LogP contribution is -2.30. The van der Waals surface area contributed by atoms with Gasteiger partial charge in [0.05, 0.1) is 6.61 Å². The number of allylic oxidation sites excluding steroid dienone is 10. The minimum Gasteiger partial charge on any atom is -0.462 e. The van der Waals surface area contributed by atoms with E-state index in [2.05, 4.69) is 81.5 Å². The van der Waals surface area contributed by atoms with E-state index in [9.17, 15) is 9.59 Å². The molecule has 0 N–H and O–H groups in total. The standard InChI is InChI=1S/C56H100O5/c1-4-7-10-13-16-19-22-25-27-29-30-32-35-37-40-43-46-49-55(57)60-53-54(61-56(58)50-47-44-41-38-34-24-21-18-15-12-9-6-3)52-59-51-48-45-42-39-36-33-31-28-26-23-20-17-14-11-8-5-2/h7,10,16,19,25,27,30,32,37,40,54H,4-6,8-9,11-15,17-18,20-24,26,28-29,31,33-36,38-39,41-53H2,1-3H3/b10-7-,19-16-,27-25-,32-30-,40-37-/t54-/m1/s1. The number of rotatable bonds is 48. The molecule has 0 spiro atoms. The summed E-state index contributed by atoms with van der Waals surface area (Å²) in [4.78, 5) is 25.4.